The Balaban J connectivity index is 2.04. The molecule has 2 aromatic heterocycles. The second-order valence-corrected chi connectivity index (χ2v) is 6.71. The molecular weight excluding hydrogens is 280 g/mol. The van der Waals surface area contributed by atoms with Crippen LogP contribution >= 0.6 is 0 Å². The number of sulfonamides is 1. The number of nitrogens with zero attached hydrogens (tertiary/aromatic N) is 3. The molecule has 0 aliphatic carbocycles. The summed E-state index contributed by atoms with van der Waals surface area (Å²) in [6, 6.07) is 3.49. The number of primary sulfonamides is 1. The quantitative estimate of drug-likeness (QED) is 0.845. The highest BCUT2D eigenvalue weighted by Gasteiger charge is 2.20. The van der Waals surface area contributed by atoms with Crippen molar-refractivity contribution in [2.75, 3.05) is 12.4 Å². The maximum Gasteiger partial charge on any atom is 0.231 e. The lowest BCUT2D eigenvalue weighted by atomic mass is 9.99. The first-order valence-electron chi connectivity index (χ1n) is 6.29. The minimum Gasteiger partial charge on any atom is -0.476 e. The van der Waals surface area contributed by atoms with Gasteiger partial charge in [0.2, 0.25) is 15.9 Å². The SMILES string of the molecule is CC(C)C(COc1ccc2nccn2n1)CS(N)(=O)=O. The van der Waals surface area contributed by atoms with E-state index in [9.17, 15) is 8.42 Å². The van der Waals surface area contributed by atoms with Gasteiger partial charge in [-0.05, 0) is 12.0 Å². The molecule has 0 saturated heterocycles. The van der Waals surface area contributed by atoms with Gasteiger partial charge in [0, 0.05) is 24.4 Å². The average Bonchev–Trinajstić information content (AvgIpc) is 2.80. The molecule has 0 bridgehead atoms. The Morgan fingerprint density at radius 2 is 2.15 bits per heavy atom. The smallest absolute Gasteiger partial charge is 0.231 e. The molecule has 110 valence electrons. The van der Waals surface area contributed by atoms with Gasteiger partial charge in [0.1, 0.15) is 0 Å². The van der Waals surface area contributed by atoms with E-state index in [1.54, 1.807) is 29.0 Å². The summed E-state index contributed by atoms with van der Waals surface area (Å²) in [6.45, 7) is 4.12. The maximum absolute atomic E-state index is 11.2. The van der Waals surface area contributed by atoms with Crippen LogP contribution in [0.4, 0.5) is 0 Å². The lowest BCUT2D eigenvalue weighted by Gasteiger charge is -2.19. The third-order valence-corrected chi connectivity index (χ3v) is 3.96. The number of hydrogen-bond acceptors (Lipinski definition) is 5. The van der Waals surface area contributed by atoms with Crippen LogP contribution in [0.25, 0.3) is 5.65 Å². The molecule has 1 unspecified atom stereocenters. The van der Waals surface area contributed by atoms with Crippen molar-refractivity contribution in [3.63, 3.8) is 0 Å². The normalized spacial score (nSPS) is 13.8. The van der Waals surface area contributed by atoms with E-state index in [1.807, 2.05) is 13.8 Å². The second kappa shape index (κ2) is 5.76. The van der Waals surface area contributed by atoms with Crippen LogP contribution in [-0.4, -0.2) is 35.4 Å². The molecule has 8 heteroatoms. The van der Waals surface area contributed by atoms with Crippen molar-refractivity contribution in [2.24, 2.45) is 17.0 Å². The van der Waals surface area contributed by atoms with Crippen LogP contribution in [0.5, 0.6) is 5.88 Å². The molecule has 20 heavy (non-hydrogen) atoms. The van der Waals surface area contributed by atoms with Crippen molar-refractivity contribution in [2.45, 2.75) is 13.8 Å². The van der Waals surface area contributed by atoms with E-state index in [0.717, 1.165) is 5.65 Å². The number of hydrogen-bond donors (Lipinski definition) is 1. The lowest BCUT2D eigenvalue weighted by molar-refractivity contribution is 0.215. The van der Waals surface area contributed by atoms with Crippen molar-refractivity contribution in [3.05, 3.63) is 24.5 Å². The van der Waals surface area contributed by atoms with Crippen molar-refractivity contribution in [1.29, 1.82) is 0 Å². The van der Waals surface area contributed by atoms with Crippen LogP contribution in [-0.2, 0) is 10.0 Å². The highest BCUT2D eigenvalue weighted by Crippen LogP contribution is 2.15. The van der Waals surface area contributed by atoms with Gasteiger partial charge >= 0.3 is 0 Å². The minimum atomic E-state index is -3.51. The molecule has 0 saturated carbocycles. The van der Waals surface area contributed by atoms with E-state index in [4.69, 9.17) is 9.88 Å². The third kappa shape index (κ3) is 3.91. The minimum absolute atomic E-state index is 0.0992. The molecule has 0 spiro atoms. The molecule has 2 rings (SSSR count). The first kappa shape index (κ1) is 14.7. The Bertz CT molecular complexity index is 681. The molecule has 2 aromatic rings. The molecule has 0 aliphatic rings. The summed E-state index contributed by atoms with van der Waals surface area (Å²) in [6.07, 6.45) is 3.36. The van der Waals surface area contributed by atoms with E-state index in [-0.39, 0.29) is 24.2 Å². The summed E-state index contributed by atoms with van der Waals surface area (Å²) in [5, 5.41) is 9.31. The Morgan fingerprint density at radius 3 is 2.80 bits per heavy atom. The zero-order valence-electron chi connectivity index (χ0n) is 11.4. The fraction of sp³-hybridized carbons (Fsp3) is 0.500. The summed E-state index contributed by atoms with van der Waals surface area (Å²) >= 11 is 0. The molecule has 7 nitrogen and oxygen atoms in total. The van der Waals surface area contributed by atoms with E-state index >= 15 is 0 Å². The third-order valence-electron chi connectivity index (χ3n) is 3.07. The zero-order chi connectivity index (χ0) is 14.8. The van der Waals surface area contributed by atoms with E-state index < -0.39 is 10.0 Å². The molecule has 0 fully saturated rings. The lowest BCUT2D eigenvalue weighted by Crippen LogP contribution is -2.30. The van der Waals surface area contributed by atoms with Gasteiger partial charge in [-0.3, -0.25) is 0 Å². The van der Waals surface area contributed by atoms with Crippen LogP contribution in [0.15, 0.2) is 24.5 Å². The first-order chi connectivity index (χ1) is 9.35. The van der Waals surface area contributed by atoms with Gasteiger partial charge in [0.05, 0.1) is 12.4 Å². The number of imidazole rings is 1. The Kier molecular flexibility index (Phi) is 4.24. The Hall–Kier alpha value is -1.67. The number of fused-ring (bicyclic) bond motifs is 1. The predicted molar refractivity (Wildman–Crippen MR) is 74.8 cm³/mol. The highest BCUT2D eigenvalue weighted by atomic mass is 32.2. The van der Waals surface area contributed by atoms with Crippen molar-refractivity contribution < 1.29 is 13.2 Å². The van der Waals surface area contributed by atoms with Crippen molar-refractivity contribution >= 4 is 15.7 Å². The number of nitrogens with two attached hydrogens (primary N) is 1. The number of rotatable bonds is 6. The molecule has 0 aromatic carbocycles. The van der Waals surface area contributed by atoms with Crippen LogP contribution in [0.3, 0.4) is 0 Å². The molecular formula is C12H18N4O3S. The average molecular weight is 298 g/mol. The molecule has 2 heterocycles. The van der Waals surface area contributed by atoms with Gasteiger partial charge in [-0.1, -0.05) is 13.8 Å². The van der Waals surface area contributed by atoms with Crippen molar-refractivity contribution in [1.82, 2.24) is 14.6 Å². The van der Waals surface area contributed by atoms with Crippen LogP contribution < -0.4 is 9.88 Å². The van der Waals surface area contributed by atoms with Gasteiger partial charge in [0.15, 0.2) is 5.65 Å². The van der Waals surface area contributed by atoms with Gasteiger partial charge < -0.3 is 4.74 Å². The fourth-order valence-electron chi connectivity index (χ4n) is 1.80. The second-order valence-electron chi connectivity index (χ2n) is 5.05. The van der Waals surface area contributed by atoms with Crippen LogP contribution in [0, 0.1) is 11.8 Å². The number of ether oxygens (including phenoxy) is 1. The molecule has 0 radical (unpaired) electrons. The largest absolute Gasteiger partial charge is 0.476 e. The van der Waals surface area contributed by atoms with E-state index in [1.165, 1.54) is 0 Å². The molecule has 0 amide bonds. The van der Waals surface area contributed by atoms with Crippen LogP contribution in [0.1, 0.15) is 13.8 Å². The Morgan fingerprint density at radius 1 is 1.40 bits per heavy atom. The van der Waals surface area contributed by atoms with Crippen LogP contribution in [0.2, 0.25) is 0 Å². The van der Waals surface area contributed by atoms with E-state index in [0.29, 0.717) is 5.88 Å². The summed E-state index contributed by atoms with van der Waals surface area (Å²) in [5.41, 5.74) is 0.724. The monoisotopic (exact) mass is 298 g/mol. The number of aromatic nitrogens is 3. The van der Waals surface area contributed by atoms with Gasteiger partial charge in [-0.25, -0.2) is 23.1 Å². The zero-order valence-corrected chi connectivity index (χ0v) is 12.2. The standard InChI is InChI=1S/C12H18N4O3S/c1-9(2)10(8-20(13,17)18)7-19-12-4-3-11-14-5-6-16(11)15-12/h3-6,9-10H,7-8H2,1-2H3,(H2,13,17,18). The Labute approximate surface area is 117 Å². The van der Waals surface area contributed by atoms with E-state index in [2.05, 4.69) is 10.1 Å². The fourth-order valence-corrected chi connectivity index (χ4v) is 2.88. The van der Waals surface area contributed by atoms with Gasteiger partial charge in [0.25, 0.3) is 0 Å². The topological polar surface area (TPSA) is 99.6 Å². The molecule has 0 aliphatic heterocycles. The van der Waals surface area contributed by atoms with Gasteiger partial charge in [-0.2, -0.15) is 0 Å². The summed E-state index contributed by atoms with van der Waals surface area (Å²) < 4.78 is 29.6. The molecule has 2 N–H and O–H groups in total. The van der Waals surface area contributed by atoms with Gasteiger partial charge in [-0.15, -0.1) is 5.10 Å². The summed E-state index contributed by atoms with van der Waals surface area (Å²) in [5.74, 6) is 0.295. The van der Waals surface area contributed by atoms with Crippen molar-refractivity contribution in [3.8, 4) is 5.88 Å². The predicted octanol–water partition coefficient (Wildman–Crippen LogP) is 0.669. The summed E-state index contributed by atoms with van der Waals surface area (Å²) in [7, 11) is -3.51. The molecule has 1 atom stereocenters. The first-order valence-corrected chi connectivity index (χ1v) is 8.00. The maximum atomic E-state index is 11.2. The summed E-state index contributed by atoms with van der Waals surface area (Å²) in [4.78, 5) is 4.08. The highest BCUT2D eigenvalue weighted by molar-refractivity contribution is 7.89.